The van der Waals surface area contributed by atoms with Crippen LogP contribution in [-0.2, 0) is 26.2 Å². The van der Waals surface area contributed by atoms with E-state index in [1.165, 1.54) is 23.1 Å². The second-order valence-corrected chi connectivity index (χ2v) is 12.2. The topological polar surface area (TPSA) is 86.8 Å². The number of rotatable bonds is 11. The average Bonchev–Trinajstić information content (AvgIpc) is 2.89. The quantitative estimate of drug-likeness (QED) is 0.305. The van der Waals surface area contributed by atoms with Gasteiger partial charge in [0.05, 0.1) is 10.6 Å². The monoisotopic (exact) mass is 589 g/mol. The molecule has 10 heteroatoms. The Morgan fingerprint density at radius 1 is 0.923 bits per heavy atom. The van der Waals surface area contributed by atoms with Crippen LogP contribution >= 0.6 is 23.2 Å². The summed E-state index contributed by atoms with van der Waals surface area (Å²) in [5, 5.41) is 3.71. The molecular formula is C29H33Cl2N3O4S. The number of benzene rings is 3. The molecule has 1 N–H and O–H groups in total. The number of aryl methyl sites for hydroxylation is 1. The second-order valence-electron chi connectivity index (χ2n) is 9.45. The van der Waals surface area contributed by atoms with Gasteiger partial charge in [0.1, 0.15) is 12.6 Å². The number of sulfonamides is 1. The number of hydrogen-bond acceptors (Lipinski definition) is 4. The third kappa shape index (κ3) is 7.97. The minimum atomic E-state index is -4.16. The number of anilines is 1. The van der Waals surface area contributed by atoms with Gasteiger partial charge in [-0.1, -0.05) is 66.0 Å². The molecule has 0 bridgehead atoms. The summed E-state index contributed by atoms with van der Waals surface area (Å²) in [6, 6.07) is 18.7. The summed E-state index contributed by atoms with van der Waals surface area (Å²) in [4.78, 5) is 28.4. The Hall–Kier alpha value is -3.07. The first-order valence-corrected chi connectivity index (χ1v) is 14.8. The Morgan fingerprint density at radius 2 is 1.54 bits per heavy atom. The van der Waals surface area contributed by atoms with Gasteiger partial charge in [-0.05, 0) is 75.2 Å². The fourth-order valence-corrected chi connectivity index (χ4v) is 5.68. The lowest BCUT2D eigenvalue weighted by Gasteiger charge is -2.32. The van der Waals surface area contributed by atoms with Gasteiger partial charge in [-0.3, -0.25) is 13.9 Å². The van der Waals surface area contributed by atoms with E-state index in [0.717, 1.165) is 16.3 Å². The number of carbonyl (C=O) groups is 2. The number of nitrogens with one attached hydrogen (secondary N) is 1. The number of hydrogen-bond donors (Lipinski definition) is 1. The van der Waals surface area contributed by atoms with Crippen molar-refractivity contribution in [1.82, 2.24) is 10.2 Å². The highest BCUT2D eigenvalue weighted by Gasteiger charge is 2.33. The van der Waals surface area contributed by atoms with E-state index in [-0.39, 0.29) is 29.1 Å². The van der Waals surface area contributed by atoms with Gasteiger partial charge in [0.15, 0.2) is 0 Å². The Morgan fingerprint density at radius 3 is 2.13 bits per heavy atom. The Bertz CT molecular complexity index is 1410. The van der Waals surface area contributed by atoms with Gasteiger partial charge in [0.2, 0.25) is 11.8 Å². The van der Waals surface area contributed by atoms with Gasteiger partial charge >= 0.3 is 0 Å². The van der Waals surface area contributed by atoms with Crippen LogP contribution in [-0.4, -0.2) is 43.8 Å². The minimum absolute atomic E-state index is 0.0322. The van der Waals surface area contributed by atoms with Crippen LogP contribution in [0, 0.1) is 6.92 Å². The van der Waals surface area contributed by atoms with Crippen molar-refractivity contribution in [3.05, 3.63) is 94.0 Å². The maximum absolute atomic E-state index is 13.9. The van der Waals surface area contributed by atoms with Crippen molar-refractivity contribution in [2.24, 2.45) is 0 Å². The minimum Gasteiger partial charge on any atom is -0.352 e. The molecule has 0 saturated heterocycles. The highest BCUT2D eigenvalue weighted by molar-refractivity contribution is 7.92. The third-order valence-corrected chi connectivity index (χ3v) is 8.65. The molecule has 3 aromatic rings. The van der Waals surface area contributed by atoms with E-state index in [2.05, 4.69) is 5.32 Å². The largest absolute Gasteiger partial charge is 0.352 e. The lowest BCUT2D eigenvalue weighted by atomic mass is 10.1. The predicted octanol–water partition coefficient (Wildman–Crippen LogP) is 5.83. The standard InChI is InChI=1S/C29H33Cl2N3O4S/c1-5-21(3)32-29(36)22(4)33(18-23-8-6-9-24(30)16-23)28(35)19-34(26-11-7-10-25(31)17-26)39(37,38)27-14-12-20(2)13-15-27/h6-17,21-22H,5,18-19H2,1-4H3,(H,32,36)/t21-,22-/m0/s1. The molecule has 2 atom stereocenters. The van der Waals surface area contributed by atoms with Gasteiger partial charge in [-0.15, -0.1) is 0 Å². The lowest BCUT2D eigenvalue weighted by Crippen LogP contribution is -2.52. The summed E-state index contributed by atoms with van der Waals surface area (Å²) in [5.74, 6) is -0.895. The molecule has 3 rings (SSSR count). The van der Waals surface area contributed by atoms with Crippen molar-refractivity contribution in [3.63, 3.8) is 0 Å². The molecule has 0 heterocycles. The van der Waals surface area contributed by atoms with E-state index in [4.69, 9.17) is 23.2 Å². The van der Waals surface area contributed by atoms with Crippen LogP contribution in [0.3, 0.4) is 0 Å². The summed E-state index contributed by atoms with van der Waals surface area (Å²) in [7, 11) is -4.16. The van der Waals surface area contributed by atoms with Crippen LogP contribution in [0.25, 0.3) is 0 Å². The first-order valence-electron chi connectivity index (χ1n) is 12.6. The van der Waals surface area contributed by atoms with Crippen LogP contribution in [0.5, 0.6) is 0 Å². The summed E-state index contributed by atoms with van der Waals surface area (Å²) < 4.78 is 28.7. The van der Waals surface area contributed by atoms with E-state index < -0.39 is 28.5 Å². The number of halogens is 2. The van der Waals surface area contributed by atoms with Crippen molar-refractivity contribution >= 4 is 50.7 Å². The zero-order valence-electron chi connectivity index (χ0n) is 22.4. The molecule has 0 spiro atoms. The van der Waals surface area contributed by atoms with Gasteiger partial charge in [-0.2, -0.15) is 0 Å². The molecule has 0 aliphatic heterocycles. The molecule has 208 valence electrons. The highest BCUT2D eigenvalue weighted by Crippen LogP contribution is 2.27. The molecule has 3 aromatic carbocycles. The smallest absolute Gasteiger partial charge is 0.264 e. The molecular weight excluding hydrogens is 557 g/mol. The molecule has 2 amide bonds. The highest BCUT2D eigenvalue weighted by atomic mass is 35.5. The van der Waals surface area contributed by atoms with E-state index in [0.29, 0.717) is 15.6 Å². The molecule has 0 fully saturated rings. The van der Waals surface area contributed by atoms with Crippen LogP contribution in [0.15, 0.2) is 77.7 Å². The molecule has 0 unspecified atom stereocenters. The van der Waals surface area contributed by atoms with Crippen molar-refractivity contribution in [1.29, 1.82) is 0 Å². The maximum Gasteiger partial charge on any atom is 0.264 e. The van der Waals surface area contributed by atoms with Crippen LogP contribution in [0.4, 0.5) is 5.69 Å². The van der Waals surface area contributed by atoms with Crippen LogP contribution in [0.1, 0.15) is 38.3 Å². The normalized spacial score (nSPS) is 12.9. The molecule has 0 saturated carbocycles. The van der Waals surface area contributed by atoms with Crippen molar-refractivity contribution in [2.75, 3.05) is 10.8 Å². The van der Waals surface area contributed by atoms with Crippen molar-refractivity contribution in [3.8, 4) is 0 Å². The van der Waals surface area contributed by atoms with Gasteiger partial charge < -0.3 is 10.2 Å². The molecule has 0 aromatic heterocycles. The van der Waals surface area contributed by atoms with Crippen molar-refractivity contribution < 1.29 is 18.0 Å². The summed E-state index contributed by atoms with van der Waals surface area (Å²) in [5.41, 5.74) is 1.83. The lowest BCUT2D eigenvalue weighted by molar-refractivity contribution is -0.139. The fraction of sp³-hybridized carbons (Fsp3) is 0.310. The molecule has 0 aliphatic carbocycles. The average molecular weight is 591 g/mol. The van der Waals surface area contributed by atoms with E-state index >= 15 is 0 Å². The molecule has 39 heavy (non-hydrogen) atoms. The number of carbonyl (C=O) groups excluding carboxylic acids is 2. The molecule has 7 nitrogen and oxygen atoms in total. The van der Waals surface area contributed by atoms with E-state index in [1.54, 1.807) is 61.5 Å². The first kappa shape index (κ1) is 30.5. The van der Waals surface area contributed by atoms with Gasteiger partial charge in [-0.25, -0.2) is 8.42 Å². The van der Waals surface area contributed by atoms with Crippen molar-refractivity contribution in [2.45, 2.75) is 57.6 Å². The third-order valence-electron chi connectivity index (χ3n) is 6.39. The summed E-state index contributed by atoms with van der Waals surface area (Å²) in [6.07, 6.45) is 0.720. The Kier molecular flexibility index (Phi) is 10.4. The van der Waals surface area contributed by atoms with Gasteiger partial charge in [0, 0.05) is 22.6 Å². The second kappa shape index (κ2) is 13.3. The Balaban J connectivity index is 2.03. The summed E-state index contributed by atoms with van der Waals surface area (Å²) >= 11 is 12.4. The maximum atomic E-state index is 13.9. The molecule has 0 radical (unpaired) electrons. The zero-order chi connectivity index (χ0) is 28.7. The zero-order valence-corrected chi connectivity index (χ0v) is 24.7. The Labute approximate surface area is 240 Å². The van der Waals surface area contributed by atoms with E-state index in [9.17, 15) is 18.0 Å². The number of nitrogens with zero attached hydrogens (tertiary/aromatic N) is 2. The summed E-state index contributed by atoms with van der Waals surface area (Å²) in [6.45, 7) is 6.82. The van der Waals surface area contributed by atoms with Gasteiger partial charge in [0.25, 0.3) is 10.0 Å². The number of amides is 2. The molecule has 0 aliphatic rings. The predicted molar refractivity (Wildman–Crippen MR) is 157 cm³/mol. The van der Waals surface area contributed by atoms with Crippen LogP contribution < -0.4 is 9.62 Å². The van der Waals surface area contributed by atoms with E-state index in [1.807, 2.05) is 20.8 Å². The van der Waals surface area contributed by atoms with Crippen LogP contribution in [0.2, 0.25) is 10.0 Å². The first-order chi connectivity index (χ1) is 18.4. The fourth-order valence-electron chi connectivity index (χ4n) is 3.88. The SMILES string of the molecule is CC[C@H](C)NC(=O)[C@H](C)N(Cc1cccc(Cl)c1)C(=O)CN(c1cccc(Cl)c1)S(=O)(=O)c1ccc(C)cc1.